The van der Waals surface area contributed by atoms with Gasteiger partial charge < -0.3 is 5.73 Å². The van der Waals surface area contributed by atoms with Gasteiger partial charge in [-0.25, -0.2) is 13.1 Å². The van der Waals surface area contributed by atoms with Gasteiger partial charge in [0.2, 0.25) is 10.0 Å². The van der Waals surface area contributed by atoms with Gasteiger partial charge in [0.25, 0.3) is 0 Å². The Balaban J connectivity index is 2.96. The molecule has 0 aliphatic carbocycles. The molecule has 0 aromatic heterocycles. The van der Waals surface area contributed by atoms with Crippen molar-refractivity contribution in [3.05, 3.63) is 23.8 Å². The van der Waals surface area contributed by atoms with Gasteiger partial charge in [0, 0.05) is 11.7 Å². The van der Waals surface area contributed by atoms with Crippen LogP contribution >= 0.6 is 11.8 Å². The molecule has 0 bridgehead atoms. The van der Waals surface area contributed by atoms with Crippen LogP contribution in [0.25, 0.3) is 0 Å². The Labute approximate surface area is 120 Å². The number of rotatable bonds is 7. The number of hydrogen-bond donors (Lipinski definition) is 2. The number of aryl methyl sites for hydroxylation is 1. The van der Waals surface area contributed by atoms with E-state index < -0.39 is 10.0 Å². The molecule has 0 heterocycles. The van der Waals surface area contributed by atoms with Gasteiger partial charge in [-0.05, 0) is 49.5 Å². The summed E-state index contributed by atoms with van der Waals surface area (Å²) < 4.78 is 27.4. The maximum absolute atomic E-state index is 12.4. The lowest BCUT2D eigenvalue weighted by atomic mass is 10.1. The van der Waals surface area contributed by atoms with Gasteiger partial charge in [0.1, 0.15) is 0 Å². The van der Waals surface area contributed by atoms with Crippen LogP contribution in [0.2, 0.25) is 0 Å². The Bertz CT molecular complexity index is 515. The third-order valence-electron chi connectivity index (χ3n) is 2.87. The van der Waals surface area contributed by atoms with Crippen molar-refractivity contribution in [1.82, 2.24) is 4.72 Å². The van der Waals surface area contributed by atoms with Crippen LogP contribution in [0.3, 0.4) is 0 Å². The molecule has 19 heavy (non-hydrogen) atoms. The minimum absolute atomic E-state index is 0.0800. The molecule has 0 saturated heterocycles. The molecular weight excluding hydrogens is 280 g/mol. The van der Waals surface area contributed by atoms with Gasteiger partial charge in [0.05, 0.1) is 4.90 Å². The third-order valence-corrected chi connectivity index (χ3v) is 5.19. The van der Waals surface area contributed by atoms with Crippen molar-refractivity contribution in [3.63, 3.8) is 0 Å². The lowest BCUT2D eigenvalue weighted by Crippen LogP contribution is -2.33. The van der Waals surface area contributed by atoms with Crippen LogP contribution in [0.5, 0.6) is 0 Å². The second-order valence-corrected chi connectivity index (χ2v) is 7.19. The van der Waals surface area contributed by atoms with E-state index in [4.69, 9.17) is 5.73 Å². The van der Waals surface area contributed by atoms with Crippen molar-refractivity contribution >= 4 is 27.5 Å². The highest BCUT2D eigenvalue weighted by molar-refractivity contribution is 7.98. The molecule has 6 heteroatoms. The summed E-state index contributed by atoms with van der Waals surface area (Å²) in [5.41, 5.74) is 6.95. The first-order valence-corrected chi connectivity index (χ1v) is 9.18. The fourth-order valence-corrected chi connectivity index (χ4v) is 4.01. The first-order valence-electron chi connectivity index (χ1n) is 6.30. The summed E-state index contributed by atoms with van der Waals surface area (Å²) in [5.74, 6) is 0.932. The second-order valence-electron chi connectivity index (χ2n) is 4.52. The SMILES string of the molecule is CCc1ccc(N)cc1S(=O)(=O)NC(C)CCSC. The van der Waals surface area contributed by atoms with E-state index >= 15 is 0 Å². The zero-order valence-corrected chi connectivity index (χ0v) is 13.3. The lowest BCUT2D eigenvalue weighted by molar-refractivity contribution is 0.556. The zero-order chi connectivity index (χ0) is 14.5. The molecule has 1 atom stereocenters. The van der Waals surface area contributed by atoms with Gasteiger partial charge >= 0.3 is 0 Å². The van der Waals surface area contributed by atoms with Crippen molar-refractivity contribution in [1.29, 1.82) is 0 Å². The van der Waals surface area contributed by atoms with Gasteiger partial charge in [0.15, 0.2) is 0 Å². The number of nitrogens with two attached hydrogens (primary N) is 1. The summed E-state index contributed by atoms with van der Waals surface area (Å²) in [6, 6.07) is 4.96. The zero-order valence-electron chi connectivity index (χ0n) is 11.6. The Kier molecular flexibility index (Phi) is 6.16. The first kappa shape index (κ1) is 16.3. The topological polar surface area (TPSA) is 72.2 Å². The van der Waals surface area contributed by atoms with E-state index in [1.165, 1.54) is 6.07 Å². The number of anilines is 1. The Hall–Kier alpha value is -0.720. The maximum Gasteiger partial charge on any atom is 0.241 e. The molecule has 108 valence electrons. The number of nitrogens with one attached hydrogen (secondary N) is 1. The summed E-state index contributed by atoms with van der Waals surface area (Å²) in [5, 5.41) is 0. The van der Waals surface area contributed by atoms with Crippen LogP contribution in [0.15, 0.2) is 23.1 Å². The summed E-state index contributed by atoms with van der Waals surface area (Å²) >= 11 is 1.71. The molecule has 0 amide bonds. The lowest BCUT2D eigenvalue weighted by Gasteiger charge is -2.16. The van der Waals surface area contributed by atoms with Crippen LogP contribution in [-0.2, 0) is 16.4 Å². The molecular formula is C13H22N2O2S2. The van der Waals surface area contributed by atoms with Gasteiger partial charge in [-0.1, -0.05) is 13.0 Å². The molecule has 0 spiro atoms. The molecule has 1 rings (SSSR count). The van der Waals surface area contributed by atoms with E-state index in [0.717, 1.165) is 17.7 Å². The molecule has 4 nitrogen and oxygen atoms in total. The highest BCUT2D eigenvalue weighted by atomic mass is 32.2. The fraction of sp³-hybridized carbons (Fsp3) is 0.538. The van der Waals surface area contributed by atoms with Gasteiger partial charge in [-0.15, -0.1) is 0 Å². The molecule has 1 aromatic rings. The van der Waals surface area contributed by atoms with E-state index in [-0.39, 0.29) is 6.04 Å². The average Bonchev–Trinajstić information content (AvgIpc) is 2.35. The number of hydrogen-bond acceptors (Lipinski definition) is 4. The van der Waals surface area contributed by atoms with Crippen LogP contribution in [0.1, 0.15) is 25.8 Å². The molecule has 1 unspecified atom stereocenters. The fourth-order valence-electron chi connectivity index (χ4n) is 1.80. The quantitative estimate of drug-likeness (QED) is 0.758. The highest BCUT2D eigenvalue weighted by Crippen LogP contribution is 2.20. The van der Waals surface area contributed by atoms with E-state index in [2.05, 4.69) is 4.72 Å². The first-order chi connectivity index (χ1) is 8.90. The Morgan fingerprint density at radius 2 is 2.11 bits per heavy atom. The van der Waals surface area contributed by atoms with E-state index in [9.17, 15) is 8.42 Å². The van der Waals surface area contributed by atoms with Gasteiger partial charge in [-0.2, -0.15) is 11.8 Å². The smallest absolute Gasteiger partial charge is 0.241 e. The number of nitrogen functional groups attached to an aromatic ring is 1. The molecule has 0 radical (unpaired) electrons. The molecule has 3 N–H and O–H groups in total. The van der Waals surface area contributed by atoms with Crippen molar-refractivity contribution in [2.24, 2.45) is 0 Å². The average molecular weight is 302 g/mol. The van der Waals surface area contributed by atoms with Crippen LogP contribution in [0, 0.1) is 0 Å². The van der Waals surface area contributed by atoms with E-state index in [1.807, 2.05) is 20.1 Å². The predicted octanol–water partition coefficient (Wildman–Crippen LogP) is 2.25. The second kappa shape index (κ2) is 7.17. The Morgan fingerprint density at radius 3 is 2.68 bits per heavy atom. The van der Waals surface area contributed by atoms with Gasteiger partial charge in [-0.3, -0.25) is 0 Å². The minimum Gasteiger partial charge on any atom is -0.399 e. The summed E-state index contributed by atoms with van der Waals surface area (Å²) in [7, 11) is -3.49. The monoisotopic (exact) mass is 302 g/mol. The largest absolute Gasteiger partial charge is 0.399 e. The highest BCUT2D eigenvalue weighted by Gasteiger charge is 2.20. The summed E-state index contributed by atoms with van der Waals surface area (Å²) in [6.45, 7) is 3.81. The molecule has 0 aliphatic rings. The van der Waals surface area contributed by atoms with Crippen LogP contribution in [0.4, 0.5) is 5.69 Å². The Morgan fingerprint density at radius 1 is 1.42 bits per heavy atom. The number of sulfonamides is 1. The normalized spacial score (nSPS) is 13.4. The van der Waals surface area contributed by atoms with E-state index in [1.54, 1.807) is 23.9 Å². The predicted molar refractivity (Wildman–Crippen MR) is 83.0 cm³/mol. The third kappa shape index (κ3) is 4.71. The van der Waals surface area contributed by atoms with E-state index in [0.29, 0.717) is 17.0 Å². The number of thioether (sulfide) groups is 1. The standard InChI is InChI=1S/C13H22N2O2S2/c1-4-11-5-6-12(14)9-13(11)19(16,17)15-10(2)7-8-18-3/h5-6,9-10,15H,4,7-8,14H2,1-3H3. The summed E-state index contributed by atoms with van der Waals surface area (Å²) in [4.78, 5) is 0.297. The minimum atomic E-state index is -3.49. The van der Waals surface area contributed by atoms with Crippen molar-refractivity contribution < 1.29 is 8.42 Å². The molecule has 0 fully saturated rings. The molecule has 0 aliphatic heterocycles. The maximum atomic E-state index is 12.4. The molecule has 1 aromatic carbocycles. The van der Waals surface area contributed by atoms with Crippen molar-refractivity contribution in [2.75, 3.05) is 17.7 Å². The number of benzene rings is 1. The summed E-state index contributed by atoms with van der Waals surface area (Å²) in [6.07, 6.45) is 3.48. The van der Waals surface area contributed by atoms with Crippen molar-refractivity contribution in [3.8, 4) is 0 Å². The van der Waals surface area contributed by atoms with Crippen LogP contribution < -0.4 is 10.5 Å². The van der Waals surface area contributed by atoms with Crippen LogP contribution in [-0.4, -0.2) is 26.5 Å². The van der Waals surface area contributed by atoms with Crippen molar-refractivity contribution in [2.45, 2.75) is 37.6 Å². The molecule has 0 saturated carbocycles.